The highest BCUT2D eigenvalue weighted by Crippen LogP contribution is 2.33. The Balaban J connectivity index is 2.22. The molecule has 1 heterocycles. The molecule has 0 aliphatic carbocycles. The number of alkyl halides is 3. The Morgan fingerprint density at radius 2 is 2.19 bits per heavy atom. The Morgan fingerprint density at radius 3 is 2.71 bits per heavy atom. The standard InChI is InChI=1S/C14H14F3N3O/c1-8-4-5-19-12(8)13(21)20-10-3-2-9(7-18)11(6-10)14(15,16)17/h2-3,6,8,12,19H,4-5H2,1H3,(H,20,21). The minimum absolute atomic E-state index is 0.0345. The molecule has 0 spiro atoms. The zero-order valence-electron chi connectivity index (χ0n) is 11.3. The highest BCUT2D eigenvalue weighted by molar-refractivity contribution is 5.95. The smallest absolute Gasteiger partial charge is 0.325 e. The van der Waals surface area contributed by atoms with Crippen LogP contribution in [0.5, 0.6) is 0 Å². The minimum atomic E-state index is -4.63. The Hall–Kier alpha value is -2.07. The van der Waals surface area contributed by atoms with Gasteiger partial charge in [-0.2, -0.15) is 18.4 Å². The van der Waals surface area contributed by atoms with Gasteiger partial charge >= 0.3 is 6.18 Å². The van der Waals surface area contributed by atoms with E-state index in [-0.39, 0.29) is 17.5 Å². The molecule has 1 aromatic rings. The van der Waals surface area contributed by atoms with Gasteiger partial charge in [0.15, 0.2) is 0 Å². The summed E-state index contributed by atoms with van der Waals surface area (Å²) in [5.74, 6) is -0.233. The van der Waals surface area contributed by atoms with E-state index in [2.05, 4.69) is 10.6 Å². The van der Waals surface area contributed by atoms with E-state index in [0.717, 1.165) is 18.6 Å². The molecule has 2 atom stereocenters. The van der Waals surface area contributed by atoms with Crippen LogP contribution < -0.4 is 10.6 Å². The normalized spacial score (nSPS) is 21.9. The predicted octanol–water partition coefficient (Wildman–Crippen LogP) is 2.51. The Bertz CT molecular complexity index is 592. The van der Waals surface area contributed by atoms with Crippen molar-refractivity contribution in [2.75, 3.05) is 11.9 Å². The summed E-state index contributed by atoms with van der Waals surface area (Å²) in [6.07, 6.45) is -3.79. The number of hydrogen-bond acceptors (Lipinski definition) is 3. The molecule has 2 rings (SSSR count). The molecule has 0 saturated carbocycles. The van der Waals surface area contributed by atoms with Crippen LogP contribution in [-0.4, -0.2) is 18.5 Å². The third-order valence-corrected chi connectivity index (χ3v) is 3.53. The van der Waals surface area contributed by atoms with Crippen LogP contribution in [0.2, 0.25) is 0 Å². The molecule has 4 nitrogen and oxygen atoms in total. The highest BCUT2D eigenvalue weighted by atomic mass is 19.4. The van der Waals surface area contributed by atoms with Crippen molar-refractivity contribution in [1.29, 1.82) is 5.26 Å². The second-order valence-corrected chi connectivity index (χ2v) is 5.06. The van der Waals surface area contributed by atoms with Crippen molar-refractivity contribution in [1.82, 2.24) is 5.32 Å². The SMILES string of the molecule is CC1CCNC1C(=O)Nc1ccc(C#N)c(C(F)(F)F)c1. The summed E-state index contributed by atoms with van der Waals surface area (Å²) in [7, 11) is 0. The van der Waals surface area contributed by atoms with E-state index in [1.807, 2.05) is 6.92 Å². The lowest BCUT2D eigenvalue weighted by atomic mass is 10.0. The fraction of sp³-hybridized carbons (Fsp3) is 0.429. The van der Waals surface area contributed by atoms with Gasteiger partial charge in [-0.25, -0.2) is 0 Å². The van der Waals surface area contributed by atoms with Gasteiger partial charge in [0.25, 0.3) is 0 Å². The topological polar surface area (TPSA) is 64.9 Å². The van der Waals surface area contributed by atoms with Gasteiger partial charge in [-0.3, -0.25) is 4.79 Å². The molecule has 0 bridgehead atoms. The Labute approximate surface area is 119 Å². The van der Waals surface area contributed by atoms with Crippen LogP contribution in [-0.2, 0) is 11.0 Å². The maximum atomic E-state index is 12.8. The number of halogens is 3. The molecular formula is C14H14F3N3O. The van der Waals surface area contributed by atoms with Gasteiger partial charge in [-0.1, -0.05) is 6.92 Å². The lowest BCUT2D eigenvalue weighted by molar-refractivity contribution is -0.137. The van der Waals surface area contributed by atoms with Gasteiger partial charge in [0.1, 0.15) is 0 Å². The van der Waals surface area contributed by atoms with E-state index in [1.54, 1.807) is 0 Å². The third kappa shape index (κ3) is 3.34. The fourth-order valence-corrected chi connectivity index (χ4v) is 2.36. The van der Waals surface area contributed by atoms with E-state index >= 15 is 0 Å². The molecule has 1 aromatic carbocycles. The van der Waals surface area contributed by atoms with Crippen LogP contribution in [0.25, 0.3) is 0 Å². The third-order valence-electron chi connectivity index (χ3n) is 3.53. The molecule has 2 N–H and O–H groups in total. The average molecular weight is 297 g/mol. The number of benzene rings is 1. The Morgan fingerprint density at radius 1 is 1.48 bits per heavy atom. The zero-order valence-corrected chi connectivity index (χ0v) is 11.3. The van der Waals surface area contributed by atoms with Crippen LogP contribution >= 0.6 is 0 Å². The number of rotatable bonds is 2. The predicted molar refractivity (Wildman–Crippen MR) is 70.4 cm³/mol. The summed E-state index contributed by atoms with van der Waals surface area (Å²) in [6.45, 7) is 2.62. The van der Waals surface area contributed by atoms with Crippen LogP contribution in [0.4, 0.5) is 18.9 Å². The fourth-order valence-electron chi connectivity index (χ4n) is 2.36. The number of nitrogens with one attached hydrogen (secondary N) is 2. The van der Waals surface area contributed by atoms with Crippen molar-refractivity contribution in [3.8, 4) is 6.07 Å². The molecule has 21 heavy (non-hydrogen) atoms. The second-order valence-electron chi connectivity index (χ2n) is 5.06. The number of nitrogens with zero attached hydrogens (tertiary/aromatic N) is 1. The zero-order chi connectivity index (χ0) is 15.6. The number of carbonyl (C=O) groups excluding carboxylic acids is 1. The summed E-state index contributed by atoms with van der Waals surface area (Å²) in [5, 5.41) is 14.2. The van der Waals surface area contributed by atoms with Gasteiger partial charge in [0, 0.05) is 5.69 Å². The Kier molecular flexibility index (Phi) is 4.19. The monoisotopic (exact) mass is 297 g/mol. The van der Waals surface area contributed by atoms with E-state index in [1.165, 1.54) is 12.1 Å². The first-order valence-corrected chi connectivity index (χ1v) is 6.48. The van der Waals surface area contributed by atoms with Crippen molar-refractivity contribution in [3.05, 3.63) is 29.3 Å². The molecule has 1 amide bonds. The molecule has 7 heteroatoms. The molecule has 112 valence electrons. The van der Waals surface area contributed by atoms with E-state index in [9.17, 15) is 18.0 Å². The number of hydrogen-bond donors (Lipinski definition) is 2. The molecule has 0 radical (unpaired) electrons. The van der Waals surface area contributed by atoms with Crippen molar-refractivity contribution < 1.29 is 18.0 Å². The lowest BCUT2D eigenvalue weighted by Crippen LogP contribution is -2.39. The van der Waals surface area contributed by atoms with Crippen molar-refractivity contribution >= 4 is 11.6 Å². The molecule has 1 aliphatic rings. The molecule has 2 unspecified atom stereocenters. The van der Waals surface area contributed by atoms with E-state index < -0.39 is 23.3 Å². The van der Waals surface area contributed by atoms with Gasteiger partial charge < -0.3 is 10.6 Å². The molecular weight excluding hydrogens is 283 g/mol. The first-order chi connectivity index (χ1) is 9.82. The molecule has 1 saturated heterocycles. The number of anilines is 1. The summed E-state index contributed by atoms with van der Waals surface area (Å²) in [6, 6.07) is 4.24. The summed E-state index contributed by atoms with van der Waals surface area (Å²) in [5.41, 5.74) is -1.48. The first kappa shape index (κ1) is 15.3. The van der Waals surface area contributed by atoms with Gasteiger partial charge in [-0.05, 0) is 37.1 Å². The van der Waals surface area contributed by atoms with Gasteiger partial charge in [-0.15, -0.1) is 0 Å². The van der Waals surface area contributed by atoms with E-state index in [0.29, 0.717) is 6.54 Å². The maximum Gasteiger partial charge on any atom is 0.417 e. The number of carbonyl (C=O) groups is 1. The summed E-state index contributed by atoms with van der Waals surface area (Å²) < 4.78 is 38.5. The molecule has 1 fully saturated rings. The highest BCUT2D eigenvalue weighted by Gasteiger charge is 2.34. The van der Waals surface area contributed by atoms with Crippen LogP contribution in [0.1, 0.15) is 24.5 Å². The van der Waals surface area contributed by atoms with Crippen LogP contribution in [0, 0.1) is 17.2 Å². The van der Waals surface area contributed by atoms with Crippen molar-refractivity contribution in [3.63, 3.8) is 0 Å². The van der Waals surface area contributed by atoms with E-state index in [4.69, 9.17) is 5.26 Å². The summed E-state index contributed by atoms with van der Waals surface area (Å²) in [4.78, 5) is 12.0. The van der Waals surface area contributed by atoms with Crippen LogP contribution in [0.3, 0.4) is 0 Å². The molecule has 0 aromatic heterocycles. The second kappa shape index (κ2) is 5.74. The minimum Gasteiger partial charge on any atom is -0.325 e. The van der Waals surface area contributed by atoms with Crippen molar-refractivity contribution in [2.45, 2.75) is 25.6 Å². The van der Waals surface area contributed by atoms with Crippen LogP contribution in [0.15, 0.2) is 18.2 Å². The quantitative estimate of drug-likeness (QED) is 0.881. The van der Waals surface area contributed by atoms with Gasteiger partial charge in [0.2, 0.25) is 5.91 Å². The first-order valence-electron chi connectivity index (χ1n) is 6.48. The average Bonchev–Trinajstić information content (AvgIpc) is 2.84. The van der Waals surface area contributed by atoms with Gasteiger partial charge in [0.05, 0.1) is 23.2 Å². The lowest BCUT2D eigenvalue weighted by Gasteiger charge is -2.16. The largest absolute Gasteiger partial charge is 0.417 e. The van der Waals surface area contributed by atoms with Crippen molar-refractivity contribution in [2.24, 2.45) is 5.92 Å². The summed E-state index contributed by atoms with van der Waals surface area (Å²) >= 11 is 0. The number of amides is 1. The molecule has 1 aliphatic heterocycles. The number of nitriles is 1. The maximum absolute atomic E-state index is 12.8.